The number of carbonyl (C=O) groups excluding carboxylic acids is 1. The third-order valence-corrected chi connectivity index (χ3v) is 3.64. The van der Waals surface area contributed by atoms with Gasteiger partial charge in [-0.25, -0.2) is 4.98 Å². The van der Waals surface area contributed by atoms with E-state index in [1.54, 1.807) is 0 Å². The number of imidazole rings is 1. The van der Waals surface area contributed by atoms with Gasteiger partial charge in [-0.3, -0.25) is 9.69 Å². The molecule has 1 aliphatic rings. The van der Waals surface area contributed by atoms with E-state index in [1.165, 1.54) is 0 Å². The van der Waals surface area contributed by atoms with Crippen molar-refractivity contribution in [3.8, 4) is 0 Å². The lowest BCUT2D eigenvalue weighted by atomic mass is 9.93. The van der Waals surface area contributed by atoms with Crippen LogP contribution in [0.15, 0.2) is 6.33 Å². The molecule has 1 saturated heterocycles. The molecule has 5 nitrogen and oxygen atoms in total. The molecule has 1 fully saturated rings. The molecule has 8 heteroatoms. The second kappa shape index (κ2) is 5.32. The van der Waals surface area contributed by atoms with Gasteiger partial charge in [-0.2, -0.15) is 13.2 Å². The van der Waals surface area contributed by atoms with Crippen LogP contribution in [0.4, 0.5) is 13.2 Å². The van der Waals surface area contributed by atoms with Gasteiger partial charge in [0.2, 0.25) is 0 Å². The number of rotatable bonds is 3. The average molecular weight is 304 g/mol. The number of amides is 1. The van der Waals surface area contributed by atoms with Gasteiger partial charge in [-0.05, 0) is 27.2 Å². The highest BCUT2D eigenvalue weighted by Crippen LogP contribution is 2.30. The maximum absolute atomic E-state index is 12.7. The minimum Gasteiger partial charge on any atom is -0.349 e. The van der Waals surface area contributed by atoms with Crippen LogP contribution >= 0.6 is 0 Å². The molecule has 2 rings (SSSR count). The number of alkyl halides is 3. The van der Waals surface area contributed by atoms with E-state index in [1.807, 2.05) is 4.98 Å². The predicted molar refractivity (Wildman–Crippen MR) is 70.8 cm³/mol. The van der Waals surface area contributed by atoms with Gasteiger partial charge in [0.1, 0.15) is 0 Å². The third kappa shape index (κ3) is 3.37. The normalized spacial score (nSPS) is 20.2. The van der Waals surface area contributed by atoms with Crippen molar-refractivity contribution in [3.05, 3.63) is 17.7 Å². The van der Waals surface area contributed by atoms with Crippen LogP contribution in [0, 0.1) is 0 Å². The van der Waals surface area contributed by atoms with E-state index in [0.717, 1.165) is 19.3 Å². The zero-order valence-electron chi connectivity index (χ0n) is 12.2. The number of carbonyl (C=O) groups is 1. The maximum Gasteiger partial charge on any atom is 0.433 e. The lowest BCUT2D eigenvalue weighted by molar-refractivity contribution is -0.141. The smallest absolute Gasteiger partial charge is 0.349 e. The van der Waals surface area contributed by atoms with Crippen LogP contribution in [0.3, 0.4) is 0 Å². The van der Waals surface area contributed by atoms with Gasteiger partial charge >= 0.3 is 6.18 Å². The monoisotopic (exact) mass is 304 g/mol. The lowest BCUT2D eigenvalue weighted by Gasteiger charge is -2.49. The number of nitrogens with one attached hydrogen (secondary N) is 2. The predicted octanol–water partition coefficient (Wildman–Crippen LogP) is 2.03. The van der Waals surface area contributed by atoms with Crippen LogP contribution in [0.5, 0.6) is 0 Å². The number of hydrogen-bond acceptors (Lipinski definition) is 3. The highest BCUT2D eigenvalue weighted by molar-refractivity contribution is 5.93. The molecule has 1 aromatic rings. The van der Waals surface area contributed by atoms with Crippen molar-refractivity contribution in [2.75, 3.05) is 13.1 Å². The fourth-order valence-electron chi connectivity index (χ4n) is 2.51. The van der Waals surface area contributed by atoms with Crippen LogP contribution in [-0.2, 0) is 6.18 Å². The lowest BCUT2D eigenvalue weighted by Crippen LogP contribution is -2.60. The van der Waals surface area contributed by atoms with Crippen LogP contribution in [0.25, 0.3) is 0 Å². The Hall–Kier alpha value is -1.57. The second-order valence-electron chi connectivity index (χ2n) is 6.14. The van der Waals surface area contributed by atoms with Crippen molar-refractivity contribution in [3.63, 3.8) is 0 Å². The number of aromatic nitrogens is 2. The molecule has 0 aliphatic carbocycles. The van der Waals surface area contributed by atoms with E-state index in [0.29, 0.717) is 6.54 Å². The molecular weight excluding hydrogens is 285 g/mol. The minimum atomic E-state index is -4.61. The Balaban J connectivity index is 1.96. The topological polar surface area (TPSA) is 61.0 Å². The van der Waals surface area contributed by atoms with E-state index in [2.05, 4.69) is 36.0 Å². The summed E-state index contributed by atoms with van der Waals surface area (Å²) in [5, 5.41) is 2.54. The highest BCUT2D eigenvalue weighted by Gasteiger charge is 2.39. The number of H-pyrrole nitrogens is 1. The first-order valence-electron chi connectivity index (χ1n) is 6.76. The minimum absolute atomic E-state index is 0.0168. The summed E-state index contributed by atoms with van der Waals surface area (Å²) in [6, 6.07) is 0.155. The van der Waals surface area contributed by atoms with Crippen molar-refractivity contribution in [1.29, 1.82) is 0 Å². The van der Waals surface area contributed by atoms with Crippen molar-refractivity contribution in [1.82, 2.24) is 20.2 Å². The van der Waals surface area contributed by atoms with Gasteiger partial charge in [0.05, 0.1) is 6.33 Å². The van der Waals surface area contributed by atoms with E-state index >= 15 is 0 Å². The largest absolute Gasteiger partial charge is 0.433 e. The molecule has 118 valence electrons. The number of nitrogens with zero attached hydrogens (tertiary/aromatic N) is 2. The summed E-state index contributed by atoms with van der Waals surface area (Å²) in [7, 11) is 0. The van der Waals surface area contributed by atoms with Gasteiger partial charge in [-0.1, -0.05) is 0 Å². The summed E-state index contributed by atoms with van der Waals surface area (Å²) < 4.78 is 38.0. The molecule has 0 bridgehead atoms. The first kappa shape index (κ1) is 15.8. The average Bonchev–Trinajstić information content (AvgIpc) is 2.73. The molecule has 1 amide bonds. The number of hydrogen-bond donors (Lipinski definition) is 2. The van der Waals surface area contributed by atoms with Crippen LogP contribution in [-0.4, -0.2) is 45.4 Å². The van der Waals surface area contributed by atoms with Crippen molar-refractivity contribution < 1.29 is 18.0 Å². The maximum atomic E-state index is 12.7. The first-order chi connectivity index (χ1) is 9.60. The molecule has 0 radical (unpaired) electrons. The van der Waals surface area contributed by atoms with Crippen molar-refractivity contribution in [2.45, 2.75) is 44.9 Å². The summed E-state index contributed by atoms with van der Waals surface area (Å²) in [5.74, 6) is -0.802. The van der Waals surface area contributed by atoms with Crippen LogP contribution in [0.1, 0.15) is 43.4 Å². The number of aromatic amines is 1. The molecule has 1 aromatic heterocycles. The van der Waals surface area contributed by atoms with Gasteiger partial charge in [0, 0.05) is 24.7 Å². The molecule has 1 aliphatic heterocycles. The fraction of sp³-hybridized carbons (Fsp3) is 0.692. The summed E-state index contributed by atoms with van der Waals surface area (Å²) in [6.45, 7) is 7.45. The fourth-order valence-corrected chi connectivity index (χ4v) is 2.51. The number of halogens is 3. The molecular formula is C13H19F3N4O. The Labute approximate surface area is 120 Å². The van der Waals surface area contributed by atoms with Crippen molar-refractivity contribution >= 4 is 5.91 Å². The number of likely N-dealkylation sites (tertiary alicyclic amines) is 1. The summed E-state index contributed by atoms with van der Waals surface area (Å²) in [6.07, 6.45) is -2.82. The molecule has 0 spiro atoms. The van der Waals surface area contributed by atoms with E-state index in [-0.39, 0.29) is 11.6 Å². The third-order valence-electron chi connectivity index (χ3n) is 3.64. The summed E-state index contributed by atoms with van der Waals surface area (Å²) in [4.78, 5) is 19.5. The molecule has 2 N–H and O–H groups in total. The van der Waals surface area contributed by atoms with Gasteiger partial charge < -0.3 is 10.3 Å². The SMILES string of the molecule is CC(C)(C)N1CCC1CNC(=O)c1nc[nH]c1C(F)(F)F. The van der Waals surface area contributed by atoms with Crippen LogP contribution < -0.4 is 5.32 Å². The standard InChI is InChI=1S/C13H19F3N4O/c1-12(2,3)20-5-4-8(20)6-17-11(21)9-10(13(14,15)16)19-7-18-9/h7-8H,4-6H2,1-3H3,(H,17,21)(H,18,19). The Bertz CT molecular complexity index is 518. The summed E-state index contributed by atoms with van der Waals surface area (Å²) >= 11 is 0. The molecule has 21 heavy (non-hydrogen) atoms. The van der Waals surface area contributed by atoms with Crippen LogP contribution in [0.2, 0.25) is 0 Å². The van der Waals surface area contributed by atoms with E-state index < -0.39 is 23.5 Å². The van der Waals surface area contributed by atoms with Gasteiger partial charge in [-0.15, -0.1) is 0 Å². The Morgan fingerprint density at radius 1 is 1.48 bits per heavy atom. The molecule has 2 heterocycles. The molecule has 1 unspecified atom stereocenters. The summed E-state index contributed by atoms with van der Waals surface area (Å²) in [5.41, 5.74) is -1.73. The first-order valence-corrected chi connectivity index (χ1v) is 6.76. The second-order valence-corrected chi connectivity index (χ2v) is 6.14. The van der Waals surface area contributed by atoms with Crippen molar-refractivity contribution in [2.24, 2.45) is 0 Å². The van der Waals surface area contributed by atoms with E-state index in [9.17, 15) is 18.0 Å². The van der Waals surface area contributed by atoms with Gasteiger partial charge in [0.15, 0.2) is 11.4 Å². The molecule has 0 aromatic carbocycles. The quantitative estimate of drug-likeness (QED) is 0.898. The Kier molecular flexibility index (Phi) is 4.01. The molecule has 0 saturated carbocycles. The highest BCUT2D eigenvalue weighted by atomic mass is 19.4. The zero-order valence-corrected chi connectivity index (χ0v) is 12.2. The Morgan fingerprint density at radius 2 is 2.14 bits per heavy atom. The van der Waals surface area contributed by atoms with Gasteiger partial charge in [0.25, 0.3) is 5.91 Å². The molecule has 1 atom stereocenters. The van der Waals surface area contributed by atoms with E-state index in [4.69, 9.17) is 0 Å². The zero-order chi connectivity index (χ0) is 15.8. The Morgan fingerprint density at radius 3 is 2.62 bits per heavy atom.